The highest BCUT2D eigenvalue weighted by molar-refractivity contribution is 7.66. The summed E-state index contributed by atoms with van der Waals surface area (Å²) in [5.41, 5.74) is 0.829. The summed E-state index contributed by atoms with van der Waals surface area (Å²) in [7, 11) is 2.79. The normalized spacial score (nSPS) is 11.8. The van der Waals surface area contributed by atoms with Crippen LogP contribution in [-0.4, -0.2) is 20.5 Å². The summed E-state index contributed by atoms with van der Waals surface area (Å²) < 4.78 is 12.4. The van der Waals surface area contributed by atoms with Gasteiger partial charge in [0.1, 0.15) is 12.4 Å². The van der Waals surface area contributed by atoms with Crippen LogP contribution in [0.5, 0.6) is 5.75 Å². The summed E-state index contributed by atoms with van der Waals surface area (Å²) in [6.45, 7) is 1.36. The number of benzene rings is 1. The molecule has 0 atom stereocenters. The van der Waals surface area contributed by atoms with Gasteiger partial charge in [0, 0.05) is 22.9 Å². The van der Waals surface area contributed by atoms with Gasteiger partial charge in [0.05, 0.1) is 18.6 Å². The molecule has 8 heteroatoms. The van der Waals surface area contributed by atoms with Gasteiger partial charge in [-0.25, -0.2) is 9.98 Å². The van der Waals surface area contributed by atoms with Crippen LogP contribution in [0.25, 0.3) is 0 Å². The van der Waals surface area contributed by atoms with Crippen LogP contribution in [-0.2, 0) is 6.54 Å². The van der Waals surface area contributed by atoms with Gasteiger partial charge in [0.25, 0.3) is 0 Å². The predicted molar refractivity (Wildman–Crippen MR) is 84.4 cm³/mol. The highest BCUT2D eigenvalue weighted by Gasteiger charge is 1.99. The lowest BCUT2D eigenvalue weighted by Gasteiger charge is -2.06. The zero-order valence-electron chi connectivity index (χ0n) is 10.8. The van der Waals surface area contributed by atoms with Gasteiger partial charge in [-0.2, -0.15) is 4.37 Å². The van der Waals surface area contributed by atoms with E-state index in [1.165, 1.54) is 20.9 Å². The monoisotopic (exact) mass is 338 g/mol. The molecular weight excluding hydrogens is 328 g/mol. The third-order valence-corrected chi connectivity index (χ3v) is 4.83. The molecule has 0 amide bonds. The molecule has 0 aliphatic heterocycles. The summed E-state index contributed by atoms with van der Waals surface area (Å²) in [5, 5.41) is 0.450. The first-order chi connectivity index (χ1) is 10.3. The van der Waals surface area contributed by atoms with Crippen molar-refractivity contribution in [3.8, 4) is 5.75 Å². The molecule has 2 aromatic heterocycles. The fraction of sp³-hybridized carbons (Fsp3) is 0.154. The summed E-state index contributed by atoms with van der Waals surface area (Å²) >= 11 is 5.92. The molecule has 0 aliphatic rings. The molecule has 3 rings (SSSR count). The number of halogens is 1. The lowest BCUT2D eigenvalue weighted by Crippen LogP contribution is -2.06. The Labute approximate surface area is 133 Å². The van der Waals surface area contributed by atoms with E-state index < -0.39 is 0 Å². The quantitative estimate of drug-likeness (QED) is 0.670. The average molecular weight is 339 g/mol. The van der Waals surface area contributed by atoms with Crippen molar-refractivity contribution in [2.45, 2.75) is 6.54 Å². The number of ether oxygens (including phenoxy) is 1. The zero-order valence-corrected chi connectivity index (χ0v) is 13.2. The number of hydrogen-bond acceptors (Lipinski definition) is 6. The Bertz CT molecular complexity index is 749. The van der Waals surface area contributed by atoms with Crippen molar-refractivity contribution in [2.75, 3.05) is 6.61 Å². The molecule has 5 nitrogen and oxygen atoms in total. The summed E-state index contributed by atoms with van der Waals surface area (Å²) in [6.07, 6.45) is 5.43. The summed E-state index contributed by atoms with van der Waals surface area (Å²) in [5.74, 6) is 0.812. The van der Waals surface area contributed by atoms with Crippen molar-refractivity contribution in [1.82, 2.24) is 13.9 Å². The molecule has 0 bridgehead atoms. The van der Waals surface area contributed by atoms with E-state index >= 15 is 0 Å². The maximum atomic E-state index is 5.92. The topological polar surface area (TPSA) is 52.3 Å². The molecule has 0 N–H and O–H groups in total. The van der Waals surface area contributed by atoms with Gasteiger partial charge in [-0.15, -0.1) is 0 Å². The van der Waals surface area contributed by atoms with Crippen LogP contribution < -0.4 is 9.41 Å². The average Bonchev–Trinajstić information content (AvgIpc) is 3.14. The minimum atomic E-state index is 0.450. The first-order valence-electron chi connectivity index (χ1n) is 6.16. The Morgan fingerprint density at radius 1 is 1.29 bits per heavy atom. The van der Waals surface area contributed by atoms with Crippen molar-refractivity contribution in [3.05, 3.63) is 52.8 Å². The van der Waals surface area contributed by atoms with Crippen molar-refractivity contribution in [2.24, 2.45) is 4.99 Å². The van der Waals surface area contributed by atoms with Crippen molar-refractivity contribution < 1.29 is 4.74 Å². The van der Waals surface area contributed by atoms with Crippen molar-refractivity contribution in [3.63, 3.8) is 0 Å². The largest absolute Gasteiger partial charge is 0.492 e. The second-order valence-electron chi connectivity index (χ2n) is 4.10. The van der Waals surface area contributed by atoms with Crippen LogP contribution in [0, 0.1) is 0 Å². The predicted octanol–water partition coefficient (Wildman–Crippen LogP) is 3.37. The van der Waals surface area contributed by atoms with E-state index in [9.17, 15) is 0 Å². The fourth-order valence-corrected chi connectivity index (χ4v) is 3.64. The Morgan fingerprint density at radius 2 is 2.14 bits per heavy atom. The number of nitrogens with zero attached hydrogens (tertiary/aromatic N) is 4. The van der Waals surface area contributed by atoms with Crippen LogP contribution in [0.4, 0.5) is 5.69 Å². The Balaban J connectivity index is 1.60. The SMILES string of the molecule is Clc1nssc1=Nc1ccc(OCCn2ccnc2)cc1. The lowest BCUT2D eigenvalue weighted by molar-refractivity contribution is 0.298. The molecule has 0 unspecified atom stereocenters. The third kappa shape index (κ3) is 3.90. The maximum absolute atomic E-state index is 5.92. The van der Waals surface area contributed by atoms with E-state index in [0.29, 0.717) is 11.8 Å². The summed E-state index contributed by atoms with van der Waals surface area (Å²) in [4.78, 5) is 8.41. The first kappa shape index (κ1) is 14.2. The molecule has 0 fully saturated rings. The number of hydrogen-bond donors (Lipinski definition) is 0. The van der Waals surface area contributed by atoms with E-state index in [1.54, 1.807) is 12.5 Å². The molecule has 0 saturated carbocycles. The van der Waals surface area contributed by atoms with Crippen molar-refractivity contribution in [1.29, 1.82) is 0 Å². The van der Waals surface area contributed by atoms with Gasteiger partial charge in [-0.05, 0) is 34.6 Å². The molecule has 21 heavy (non-hydrogen) atoms. The smallest absolute Gasteiger partial charge is 0.179 e. The Kier molecular flexibility index (Phi) is 4.64. The van der Waals surface area contributed by atoms with E-state index in [1.807, 2.05) is 35.0 Å². The van der Waals surface area contributed by atoms with Crippen LogP contribution in [0.15, 0.2) is 48.0 Å². The highest BCUT2D eigenvalue weighted by Crippen LogP contribution is 2.18. The maximum Gasteiger partial charge on any atom is 0.179 e. The molecule has 0 aliphatic carbocycles. The molecule has 0 spiro atoms. The zero-order chi connectivity index (χ0) is 14.5. The van der Waals surface area contributed by atoms with Crippen LogP contribution in [0.1, 0.15) is 0 Å². The van der Waals surface area contributed by atoms with Gasteiger partial charge >= 0.3 is 0 Å². The molecule has 3 aromatic rings. The number of rotatable bonds is 5. The Morgan fingerprint density at radius 3 is 2.81 bits per heavy atom. The molecule has 2 heterocycles. The van der Waals surface area contributed by atoms with Gasteiger partial charge < -0.3 is 9.30 Å². The number of imidazole rings is 1. The van der Waals surface area contributed by atoms with Crippen LogP contribution in [0.2, 0.25) is 5.15 Å². The number of aromatic nitrogens is 3. The van der Waals surface area contributed by atoms with E-state index in [-0.39, 0.29) is 0 Å². The minimum Gasteiger partial charge on any atom is -0.492 e. The standard InChI is InChI=1S/C13H11ClN4OS2/c14-12-13(20-21-17-12)16-10-1-3-11(4-2-10)19-8-7-18-6-5-15-9-18/h1-6,9H,7-8H2. The van der Waals surface area contributed by atoms with E-state index in [0.717, 1.165) is 22.7 Å². The highest BCUT2D eigenvalue weighted by atomic mass is 35.5. The van der Waals surface area contributed by atoms with Gasteiger partial charge in [-0.3, -0.25) is 0 Å². The minimum absolute atomic E-state index is 0.450. The second kappa shape index (κ2) is 6.84. The second-order valence-corrected chi connectivity index (χ2v) is 6.29. The summed E-state index contributed by atoms with van der Waals surface area (Å²) in [6, 6.07) is 7.58. The van der Waals surface area contributed by atoms with Crippen LogP contribution >= 0.6 is 32.5 Å². The molecule has 0 saturated heterocycles. The third-order valence-electron chi connectivity index (χ3n) is 2.65. The molecule has 1 aromatic carbocycles. The lowest BCUT2D eigenvalue weighted by atomic mass is 10.3. The Hall–Kier alpha value is -1.70. The van der Waals surface area contributed by atoms with Gasteiger partial charge in [0.15, 0.2) is 9.82 Å². The van der Waals surface area contributed by atoms with E-state index in [2.05, 4.69) is 14.3 Å². The molecule has 0 radical (unpaired) electrons. The fourth-order valence-electron chi connectivity index (χ4n) is 1.65. The molecular formula is C13H11ClN4OS2. The first-order valence-corrected chi connectivity index (χ1v) is 8.64. The van der Waals surface area contributed by atoms with Crippen LogP contribution in [0.3, 0.4) is 0 Å². The van der Waals surface area contributed by atoms with Gasteiger partial charge in [-0.1, -0.05) is 11.6 Å². The molecule has 108 valence electrons. The van der Waals surface area contributed by atoms with Crippen molar-refractivity contribution >= 4 is 38.2 Å². The van der Waals surface area contributed by atoms with Gasteiger partial charge in [0.2, 0.25) is 0 Å². The van der Waals surface area contributed by atoms with E-state index in [4.69, 9.17) is 16.3 Å².